The second kappa shape index (κ2) is 10.0. The van der Waals surface area contributed by atoms with Gasteiger partial charge < -0.3 is 14.8 Å². The molecule has 2 aromatic carbocycles. The number of nitrogens with zero attached hydrogens (tertiary/aromatic N) is 2. The lowest BCUT2D eigenvalue weighted by Crippen LogP contribution is -2.41. The van der Waals surface area contributed by atoms with Gasteiger partial charge >= 0.3 is 5.97 Å². The molecule has 176 valence electrons. The van der Waals surface area contributed by atoms with Gasteiger partial charge in [-0.2, -0.15) is 4.31 Å². The van der Waals surface area contributed by atoms with E-state index in [0.29, 0.717) is 5.56 Å². The molecule has 1 amide bonds. The Kier molecular flexibility index (Phi) is 7.36. The van der Waals surface area contributed by atoms with Gasteiger partial charge in [-0.05, 0) is 31.2 Å². The molecule has 0 aliphatic carbocycles. The van der Waals surface area contributed by atoms with Crippen molar-refractivity contribution < 1.29 is 36.8 Å². The molecule has 0 radical (unpaired) electrons. The molecule has 1 saturated heterocycles. The van der Waals surface area contributed by atoms with Crippen LogP contribution in [0.5, 0.6) is 0 Å². The number of anilines is 1. The Labute approximate surface area is 188 Å². The fraction of sp³-hybridized carbons (Fsp3) is 0.300. The van der Waals surface area contributed by atoms with Crippen molar-refractivity contribution in [3.8, 4) is 0 Å². The number of carbonyl (C=O) groups excluding carboxylic acids is 2. The number of hydrogen-bond donors (Lipinski definition) is 1. The van der Waals surface area contributed by atoms with E-state index in [9.17, 15) is 32.5 Å². The van der Waals surface area contributed by atoms with Crippen molar-refractivity contribution in [2.75, 3.05) is 38.2 Å². The minimum atomic E-state index is -4.20. The van der Waals surface area contributed by atoms with Crippen LogP contribution in [0.25, 0.3) is 0 Å². The van der Waals surface area contributed by atoms with E-state index in [0.717, 1.165) is 28.6 Å². The average Bonchev–Trinajstić information content (AvgIpc) is 2.79. The third-order valence-electron chi connectivity index (χ3n) is 4.78. The van der Waals surface area contributed by atoms with E-state index in [1.54, 1.807) is 6.92 Å². The molecule has 1 fully saturated rings. The fourth-order valence-electron chi connectivity index (χ4n) is 3.05. The molecule has 2 aromatic rings. The maximum Gasteiger partial charge on any atom is 0.338 e. The van der Waals surface area contributed by atoms with Crippen LogP contribution in [0.1, 0.15) is 15.9 Å². The highest BCUT2D eigenvalue weighted by molar-refractivity contribution is 7.89. The minimum Gasteiger partial charge on any atom is -0.452 e. The molecule has 0 aromatic heterocycles. The molecule has 3 rings (SSSR count). The maximum atomic E-state index is 14.3. The van der Waals surface area contributed by atoms with Crippen LogP contribution in [0.15, 0.2) is 41.3 Å². The Morgan fingerprint density at radius 1 is 1.21 bits per heavy atom. The molecule has 0 unspecified atom stereocenters. The summed E-state index contributed by atoms with van der Waals surface area (Å²) in [6.45, 7) is 1.23. The normalized spacial score (nSPS) is 14.5. The third kappa shape index (κ3) is 5.69. The summed E-state index contributed by atoms with van der Waals surface area (Å²) in [6.07, 6.45) is 0. The second-order valence-corrected chi connectivity index (χ2v) is 8.95. The quantitative estimate of drug-likeness (QED) is 0.358. The SMILES string of the molecule is Cc1ccc(NC(=O)COC(=O)c2ccc(F)c(S(=O)(=O)N3CCOCC3)c2)cc1[N+](=O)[O-]. The summed E-state index contributed by atoms with van der Waals surface area (Å²) < 4.78 is 50.7. The first-order chi connectivity index (χ1) is 15.6. The summed E-state index contributed by atoms with van der Waals surface area (Å²) in [6, 6.07) is 6.79. The number of ether oxygens (including phenoxy) is 2. The minimum absolute atomic E-state index is 0.0494. The molecule has 11 nitrogen and oxygen atoms in total. The van der Waals surface area contributed by atoms with Crippen molar-refractivity contribution in [2.24, 2.45) is 0 Å². The number of aryl methyl sites for hydroxylation is 1. The van der Waals surface area contributed by atoms with Crippen molar-refractivity contribution in [2.45, 2.75) is 11.8 Å². The van der Waals surface area contributed by atoms with E-state index in [-0.39, 0.29) is 43.2 Å². The topological polar surface area (TPSA) is 145 Å². The van der Waals surface area contributed by atoms with E-state index >= 15 is 0 Å². The lowest BCUT2D eigenvalue weighted by atomic mass is 10.2. The van der Waals surface area contributed by atoms with Gasteiger partial charge in [-0.1, -0.05) is 6.07 Å². The molecule has 1 N–H and O–H groups in total. The summed E-state index contributed by atoms with van der Waals surface area (Å²) in [5.74, 6) is -2.85. The molecule has 33 heavy (non-hydrogen) atoms. The number of carbonyl (C=O) groups is 2. The van der Waals surface area contributed by atoms with Gasteiger partial charge in [0.2, 0.25) is 10.0 Å². The zero-order valence-corrected chi connectivity index (χ0v) is 18.3. The number of rotatable bonds is 7. The number of amides is 1. The fourth-order valence-corrected chi connectivity index (χ4v) is 4.55. The average molecular weight is 481 g/mol. The molecular weight excluding hydrogens is 461 g/mol. The van der Waals surface area contributed by atoms with Gasteiger partial charge in [-0.15, -0.1) is 0 Å². The van der Waals surface area contributed by atoms with Crippen LogP contribution in [0.2, 0.25) is 0 Å². The summed E-state index contributed by atoms with van der Waals surface area (Å²) in [5.41, 5.74) is 0.0877. The van der Waals surface area contributed by atoms with Crippen LogP contribution in [0.4, 0.5) is 15.8 Å². The van der Waals surface area contributed by atoms with Crippen LogP contribution in [-0.4, -0.2) is 62.4 Å². The van der Waals surface area contributed by atoms with Crippen molar-refractivity contribution in [1.29, 1.82) is 0 Å². The van der Waals surface area contributed by atoms with E-state index in [1.165, 1.54) is 12.1 Å². The van der Waals surface area contributed by atoms with Crippen LogP contribution in [0.3, 0.4) is 0 Å². The van der Waals surface area contributed by atoms with Crippen molar-refractivity contribution in [3.05, 3.63) is 63.5 Å². The lowest BCUT2D eigenvalue weighted by Gasteiger charge is -2.26. The molecule has 0 atom stereocenters. The van der Waals surface area contributed by atoms with Crippen LogP contribution in [-0.2, 0) is 24.3 Å². The maximum absolute atomic E-state index is 14.3. The third-order valence-corrected chi connectivity index (χ3v) is 6.69. The number of morpholine rings is 1. The second-order valence-electron chi connectivity index (χ2n) is 7.04. The Balaban J connectivity index is 1.67. The Morgan fingerprint density at radius 3 is 2.58 bits per heavy atom. The van der Waals surface area contributed by atoms with Gasteiger partial charge in [0.25, 0.3) is 11.6 Å². The number of nitro groups is 1. The molecular formula is C20H20FN3O8S. The Bertz CT molecular complexity index is 1200. The summed E-state index contributed by atoms with van der Waals surface area (Å²) >= 11 is 0. The lowest BCUT2D eigenvalue weighted by molar-refractivity contribution is -0.385. The van der Waals surface area contributed by atoms with Crippen molar-refractivity contribution in [3.63, 3.8) is 0 Å². The predicted octanol–water partition coefficient (Wildman–Crippen LogP) is 1.86. The molecule has 0 saturated carbocycles. The molecule has 0 spiro atoms. The standard InChI is InChI=1S/C20H20FN3O8S/c1-13-2-4-15(11-17(13)24(27)28)22-19(25)12-32-20(26)14-3-5-16(21)18(10-14)33(29,30)23-6-8-31-9-7-23/h2-5,10-11H,6-9,12H2,1H3,(H,22,25). The van der Waals surface area contributed by atoms with Gasteiger partial charge in [0.15, 0.2) is 6.61 Å². The van der Waals surface area contributed by atoms with E-state index in [2.05, 4.69) is 5.32 Å². The zero-order valence-electron chi connectivity index (χ0n) is 17.4. The van der Waals surface area contributed by atoms with Gasteiger partial charge in [0.1, 0.15) is 10.7 Å². The number of hydrogen-bond acceptors (Lipinski definition) is 8. The highest BCUT2D eigenvalue weighted by atomic mass is 32.2. The number of sulfonamides is 1. The van der Waals surface area contributed by atoms with E-state index in [4.69, 9.17) is 9.47 Å². The van der Waals surface area contributed by atoms with Crippen LogP contribution < -0.4 is 5.32 Å². The Morgan fingerprint density at radius 2 is 1.91 bits per heavy atom. The number of halogens is 1. The zero-order chi connectivity index (χ0) is 24.2. The molecule has 1 aliphatic heterocycles. The van der Waals surface area contributed by atoms with Crippen LogP contribution >= 0.6 is 0 Å². The summed E-state index contributed by atoms with van der Waals surface area (Å²) in [7, 11) is -4.20. The predicted molar refractivity (Wildman–Crippen MR) is 113 cm³/mol. The monoisotopic (exact) mass is 481 g/mol. The number of benzene rings is 2. The first kappa shape index (κ1) is 24.2. The summed E-state index contributed by atoms with van der Waals surface area (Å²) in [4.78, 5) is 34.1. The van der Waals surface area contributed by atoms with Crippen molar-refractivity contribution in [1.82, 2.24) is 4.31 Å². The Hall–Kier alpha value is -3.42. The first-order valence-electron chi connectivity index (χ1n) is 9.69. The van der Waals surface area contributed by atoms with E-state index in [1.807, 2.05) is 0 Å². The smallest absolute Gasteiger partial charge is 0.338 e. The molecule has 1 aliphatic rings. The first-order valence-corrected chi connectivity index (χ1v) is 11.1. The highest BCUT2D eigenvalue weighted by Gasteiger charge is 2.30. The number of nitro benzene ring substituents is 1. The number of nitrogens with one attached hydrogen (secondary N) is 1. The van der Waals surface area contributed by atoms with Gasteiger partial charge in [0, 0.05) is 30.4 Å². The van der Waals surface area contributed by atoms with Gasteiger partial charge in [-0.25, -0.2) is 17.6 Å². The van der Waals surface area contributed by atoms with Crippen molar-refractivity contribution >= 4 is 33.3 Å². The largest absolute Gasteiger partial charge is 0.452 e. The molecule has 13 heteroatoms. The number of esters is 1. The van der Waals surface area contributed by atoms with Crippen LogP contribution in [0, 0.1) is 22.9 Å². The summed E-state index contributed by atoms with van der Waals surface area (Å²) in [5, 5.41) is 13.4. The van der Waals surface area contributed by atoms with Gasteiger partial charge in [-0.3, -0.25) is 14.9 Å². The van der Waals surface area contributed by atoms with E-state index < -0.39 is 44.1 Å². The molecule has 0 bridgehead atoms. The highest BCUT2D eigenvalue weighted by Crippen LogP contribution is 2.23. The molecule has 1 heterocycles. The van der Waals surface area contributed by atoms with Gasteiger partial charge in [0.05, 0.1) is 23.7 Å².